The number of anilines is 1. The van der Waals surface area contributed by atoms with Crippen LogP contribution in [0, 0.1) is 35.5 Å². The van der Waals surface area contributed by atoms with Crippen molar-refractivity contribution >= 4 is 112 Å². The molecule has 0 spiro atoms. The van der Waals surface area contributed by atoms with Crippen LogP contribution in [0.3, 0.4) is 0 Å². The number of likely N-dealkylation sites (tertiary alicyclic amines) is 1. The third-order valence-electron chi connectivity index (χ3n) is 18.9. The van der Waals surface area contributed by atoms with Gasteiger partial charge in [0.15, 0.2) is 5.78 Å². The topological polar surface area (TPSA) is 318 Å². The number of hydrogen-bond acceptors (Lipinski definition) is 18. The van der Waals surface area contributed by atoms with Crippen LogP contribution in [0.25, 0.3) is 11.0 Å². The predicted octanol–water partition coefficient (Wildman–Crippen LogP) is 8.89. The Morgan fingerprint density at radius 2 is 1.37 bits per heavy atom. The first-order valence-corrected chi connectivity index (χ1v) is 38.6. The van der Waals surface area contributed by atoms with Gasteiger partial charge in [0.1, 0.15) is 18.4 Å². The first-order chi connectivity index (χ1) is 48.1. The van der Waals surface area contributed by atoms with Gasteiger partial charge < -0.3 is 54.3 Å². The molecule has 2 fully saturated rings. The van der Waals surface area contributed by atoms with Gasteiger partial charge in [-0.15, -0.1) is 0 Å². The molecule has 3 aromatic carbocycles. The van der Waals surface area contributed by atoms with Crippen LogP contribution < -0.4 is 20.7 Å². The molecule has 1 aliphatic heterocycles. The lowest BCUT2D eigenvalue weighted by atomic mass is 9.83. The molecule has 7 amide bonds. The number of methoxy groups -OCH3 is 2. The Morgan fingerprint density at radius 3 is 1.97 bits per heavy atom. The average Bonchev–Trinajstić information content (AvgIpc) is 1.48. The SMILES string of the molecule is CC[C@H](C)[C@@H]([C@@H](CC(=O)N1CCC[C@H]1[C@H](OC)[C@@H](C)C(=O)N[C@@H](Cc1ccccc1)C(=O)NS(=O)(=O)C1CC1)OC)N(C)C(=O)[C@@H](CC(=O)[C@H](C(C)C)N(C)C(=O)OCc1ccc(NC(=O)[C@H](C)CC(=O)CCOCCOCCNC(=O)c2ccc3nc(CBr)c(CBr)nc3c2)cc1)C(C)C. The van der Waals surface area contributed by atoms with Crippen LogP contribution in [0.4, 0.5) is 10.5 Å². The van der Waals surface area contributed by atoms with Crippen molar-refractivity contribution in [2.45, 2.75) is 178 Å². The van der Waals surface area contributed by atoms with E-state index in [9.17, 15) is 51.6 Å². The lowest BCUT2D eigenvalue weighted by Crippen LogP contribution is -2.55. The van der Waals surface area contributed by atoms with Crippen molar-refractivity contribution in [3.8, 4) is 0 Å². The number of fused-ring (bicyclic) bond motifs is 1. The summed E-state index contributed by atoms with van der Waals surface area (Å²) in [6.07, 6.45) is 0.0914. The van der Waals surface area contributed by atoms with Gasteiger partial charge in [-0.1, -0.05) is 136 Å². The highest BCUT2D eigenvalue weighted by molar-refractivity contribution is 9.09. The van der Waals surface area contributed by atoms with E-state index in [1.807, 2.05) is 47.6 Å². The van der Waals surface area contributed by atoms with Gasteiger partial charge in [0.05, 0.1) is 96.8 Å². The van der Waals surface area contributed by atoms with E-state index in [0.29, 0.717) is 82.7 Å². The zero-order chi connectivity index (χ0) is 74.3. The molecular formula is C73H103Br2N9O16S. The van der Waals surface area contributed by atoms with Crippen molar-refractivity contribution in [3.63, 3.8) is 0 Å². The lowest BCUT2D eigenvalue weighted by Gasteiger charge is -2.41. The molecule has 2 heterocycles. The number of carbonyl (C=O) groups excluding carboxylic acids is 9. The Kier molecular flexibility index (Phi) is 33.2. The Morgan fingerprint density at radius 1 is 0.713 bits per heavy atom. The molecular weight excluding hydrogens is 1450 g/mol. The van der Waals surface area contributed by atoms with Crippen LogP contribution >= 0.6 is 31.9 Å². The molecule has 2 aliphatic rings. The lowest BCUT2D eigenvalue weighted by molar-refractivity contribution is -0.149. The van der Waals surface area contributed by atoms with E-state index < -0.39 is 87.3 Å². The minimum absolute atomic E-state index is 0.00441. The molecule has 1 aliphatic carbocycles. The third kappa shape index (κ3) is 24.1. The molecule has 1 aromatic heterocycles. The van der Waals surface area contributed by atoms with E-state index in [2.05, 4.69) is 62.5 Å². The van der Waals surface area contributed by atoms with Gasteiger partial charge in [0, 0.05) is 101 Å². The first-order valence-electron chi connectivity index (χ1n) is 34.8. The summed E-state index contributed by atoms with van der Waals surface area (Å²) in [5.74, 6) is -6.32. The third-order valence-corrected chi connectivity index (χ3v) is 21.8. The number of alkyl halides is 2. The fourth-order valence-corrected chi connectivity index (χ4v) is 15.0. The van der Waals surface area contributed by atoms with Gasteiger partial charge in [0.25, 0.3) is 11.8 Å². The molecule has 10 atom stereocenters. The van der Waals surface area contributed by atoms with Gasteiger partial charge in [-0.05, 0) is 84.9 Å². The van der Waals surface area contributed by atoms with Crippen molar-refractivity contribution < 1.29 is 75.3 Å². The Hall–Kier alpha value is -6.82. The molecule has 0 bridgehead atoms. The molecule has 28 heteroatoms. The molecule has 25 nitrogen and oxygen atoms in total. The molecule has 1 saturated heterocycles. The number of benzene rings is 3. The number of halogens is 2. The van der Waals surface area contributed by atoms with E-state index in [1.165, 1.54) is 26.2 Å². The summed E-state index contributed by atoms with van der Waals surface area (Å²) < 4.78 is 56.8. The second kappa shape index (κ2) is 40.3. The minimum atomic E-state index is -3.92. The van der Waals surface area contributed by atoms with Crippen LogP contribution in [0.15, 0.2) is 72.8 Å². The van der Waals surface area contributed by atoms with Crippen LogP contribution in [-0.4, -0.2) is 196 Å². The Bertz CT molecular complexity index is 3570. The number of ether oxygens (including phenoxy) is 5. The highest BCUT2D eigenvalue weighted by Crippen LogP contribution is 2.33. The maximum atomic E-state index is 14.9. The molecule has 0 unspecified atom stereocenters. The summed E-state index contributed by atoms with van der Waals surface area (Å²) in [4.78, 5) is 138. The summed E-state index contributed by atoms with van der Waals surface area (Å²) in [5, 5.41) is 8.91. The number of Topliss-reactive ketones (excluding diaryl/α,β-unsaturated/α-hetero) is 2. The second-order valence-electron chi connectivity index (χ2n) is 27.1. The average molecular weight is 1550 g/mol. The van der Waals surface area contributed by atoms with Gasteiger partial charge in [-0.25, -0.2) is 23.2 Å². The van der Waals surface area contributed by atoms with Crippen LogP contribution in [0.5, 0.6) is 0 Å². The molecule has 6 rings (SSSR count). The second-order valence-corrected chi connectivity index (χ2v) is 30.2. The van der Waals surface area contributed by atoms with Crippen molar-refractivity contribution in [1.82, 2.24) is 40.0 Å². The van der Waals surface area contributed by atoms with Gasteiger partial charge in [0.2, 0.25) is 33.7 Å². The largest absolute Gasteiger partial charge is 0.445 e. The molecule has 101 heavy (non-hydrogen) atoms. The minimum Gasteiger partial charge on any atom is -0.445 e. The number of amides is 7. The van der Waals surface area contributed by atoms with Crippen LogP contribution in [0.1, 0.15) is 146 Å². The van der Waals surface area contributed by atoms with Crippen molar-refractivity contribution in [2.75, 3.05) is 73.1 Å². The zero-order valence-electron chi connectivity index (χ0n) is 60.3. The van der Waals surface area contributed by atoms with E-state index in [1.54, 1.807) is 97.4 Å². The quantitative estimate of drug-likeness (QED) is 0.0238. The smallest absolute Gasteiger partial charge is 0.410 e. The summed E-state index contributed by atoms with van der Waals surface area (Å²) in [6.45, 7) is 16.0. The first kappa shape index (κ1) is 83.1. The van der Waals surface area contributed by atoms with E-state index in [-0.39, 0.29) is 125 Å². The van der Waals surface area contributed by atoms with E-state index in [0.717, 1.165) is 11.4 Å². The summed E-state index contributed by atoms with van der Waals surface area (Å²) in [6, 6.07) is 17.4. The fraction of sp³-hybridized carbons (Fsp3) is 0.603. The Labute approximate surface area is 611 Å². The van der Waals surface area contributed by atoms with Crippen LogP contribution in [0.2, 0.25) is 0 Å². The predicted molar refractivity (Wildman–Crippen MR) is 390 cm³/mol. The number of aromatic nitrogens is 2. The van der Waals surface area contributed by atoms with E-state index in [4.69, 9.17) is 23.7 Å². The summed E-state index contributed by atoms with van der Waals surface area (Å²) in [7, 11) is 2.18. The number of nitrogens with zero attached hydrogens (tertiary/aromatic N) is 5. The maximum Gasteiger partial charge on any atom is 0.410 e. The van der Waals surface area contributed by atoms with Crippen molar-refractivity contribution in [1.29, 1.82) is 0 Å². The van der Waals surface area contributed by atoms with Gasteiger partial charge in [-0.3, -0.25) is 43.1 Å². The highest BCUT2D eigenvalue weighted by atomic mass is 79.9. The van der Waals surface area contributed by atoms with Gasteiger partial charge in [-0.2, -0.15) is 0 Å². The number of nitrogens with one attached hydrogen (secondary N) is 4. The number of likely N-dealkylation sites (N-methyl/N-ethyl adjacent to an activating group) is 2. The maximum absolute atomic E-state index is 14.9. The molecule has 4 N–H and O–H groups in total. The molecule has 4 aromatic rings. The van der Waals surface area contributed by atoms with Crippen molar-refractivity contribution in [2.24, 2.45) is 35.5 Å². The molecule has 1 saturated carbocycles. The Balaban J connectivity index is 0.942. The number of carbonyl (C=O) groups is 9. The normalized spacial score (nSPS) is 16.6. The number of hydrogen-bond donors (Lipinski definition) is 4. The summed E-state index contributed by atoms with van der Waals surface area (Å²) >= 11 is 6.87. The number of rotatable bonds is 42. The fourth-order valence-electron chi connectivity index (χ4n) is 12.8. The highest BCUT2D eigenvalue weighted by Gasteiger charge is 2.45. The monoisotopic (exact) mass is 1550 g/mol. The number of sulfonamides is 1. The van der Waals surface area contributed by atoms with E-state index >= 15 is 0 Å². The van der Waals surface area contributed by atoms with Gasteiger partial charge >= 0.3 is 6.09 Å². The molecule has 0 radical (unpaired) electrons. The zero-order valence-corrected chi connectivity index (χ0v) is 64.3. The molecule has 556 valence electrons. The summed E-state index contributed by atoms with van der Waals surface area (Å²) in [5.41, 5.74) is 5.19. The number of ketones is 2. The van der Waals surface area contributed by atoms with Crippen molar-refractivity contribution in [3.05, 3.63) is 101 Å². The standard InChI is InChI=1S/C73H103Br2N9O16S/c1-13-46(6)66(63(96-11)40-64(87)84-31-17-20-61(84)67(97-12)48(8)69(89)80-58(37-49-18-15-14-16-19-49)71(91)81-101(94,95)54-26-27-54)82(9)72(92)55(44(2)3)39-62(86)65(45(4)5)83(10)73(93)100-43-50-21-24-52(25-22-50)77-68(88)47(7)36-53(85)29-32-98-34-35-99-33-30-76-70(90)51-23-28-56-57(38-51)79-60(42-75)59(41-74)78-56/h14-16,18-19,21-25,28,38,44-48,54-55,58,61,63,65-67H,13,17,20,26-27,29-37,39-43H2,1-12H3,(H,76,90)(H,77,88)(H,80,89)(H,81,91)/t46-,47+,48+,55-,58-,61-,63+,65-,66-,67+/m0/s1. The van der Waals surface area contributed by atoms with Crippen LogP contribution in [-0.2, 0) is 91.0 Å².